The summed E-state index contributed by atoms with van der Waals surface area (Å²) in [6.07, 6.45) is 1.30. The van der Waals surface area contributed by atoms with Gasteiger partial charge in [-0.2, -0.15) is 0 Å². The van der Waals surface area contributed by atoms with Crippen LogP contribution in [0.4, 0.5) is 0 Å². The first-order valence-corrected chi connectivity index (χ1v) is 6.14. The second-order valence-electron chi connectivity index (χ2n) is 4.93. The molecule has 1 saturated heterocycles. The van der Waals surface area contributed by atoms with E-state index in [-0.39, 0.29) is 6.10 Å². The molecule has 1 N–H and O–H groups in total. The lowest BCUT2D eigenvalue weighted by Crippen LogP contribution is -2.47. The SMILES string of the molecule is COC(c1ccccc1)C1(O)CCN(C)CC1. The number of hydrogen-bond acceptors (Lipinski definition) is 3. The maximum absolute atomic E-state index is 10.8. The van der Waals surface area contributed by atoms with Gasteiger partial charge in [-0.15, -0.1) is 0 Å². The van der Waals surface area contributed by atoms with Crippen molar-refractivity contribution in [2.75, 3.05) is 27.2 Å². The summed E-state index contributed by atoms with van der Waals surface area (Å²) in [5, 5.41) is 10.8. The molecule has 0 spiro atoms. The van der Waals surface area contributed by atoms with Gasteiger partial charge in [0.1, 0.15) is 6.10 Å². The predicted octanol–water partition coefficient (Wildman–Crippen LogP) is 1.83. The van der Waals surface area contributed by atoms with Crippen molar-refractivity contribution in [2.45, 2.75) is 24.5 Å². The lowest BCUT2D eigenvalue weighted by Gasteiger charge is -2.41. The Bertz CT molecular complexity index is 344. The zero-order valence-electron chi connectivity index (χ0n) is 10.6. The van der Waals surface area contributed by atoms with E-state index in [0.29, 0.717) is 0 Å². The molecule has 94 valence electrons. The van der Waals surface area contributed by atoms with Crippen LogP contribution in [-0.2, 0) is 4.74 Å². The molecule has 1 aliphatic rings. The summed E-state index contributed by atoms with van der Waals surface area (Å²) in [6, 6.07) is 9.99. The molecule has 1 unspecified atom stereocenters. The van der Waals surface area contributed by atoms with Gasteiger partial charge in [0.05, 0.1) is 5.60 Å². The minimum absolute atomic E-state index is 0.225. The van der Waals surface area contributed by atoms with Gasteiger partial charge in [-0.05, 0) is 25.5 Å². The number of rotatable bonds is 3. The first kappa shape index (κ1) is 12.6. The van der Waals surface area contributed by atoms with E-state index in [4.69, 9.17) is 4.74 Å². The number of ether oxygens (including phenoxy) is 1. The van der Waals surface area contributed by atoms with Gasteiger partial charge in [-0.3, -0.25) is 0 Å². The number of hydrogen-bond donors (Lipinski definition) is 1. The lowest BCUT2D eigenvalue weighted by atomic mass is 9.82. The van der Waals surface area contributed by atoms with Crippen LogP contribution in [0.1, 0.15) is 24.5 Å². The average Bonchev–Trinajstić information content (AvgIpc) is 2.35. The Kier molecular flexibility index (Phi) is 3.82. The Balaban J connectivity index is 2.18. The van der Waals surface area contributed by atoms with Gasteiger partial charge in [0.25, 0.3) is 0 Å². The molecule has 1 heterocycles. The van der Waals surface area contributed by atoms with Crippen LogP contribution in [0.3, 0.4) is 0 Å². The Morgan fingerprint density at radius 2 is 1.82 bits per heavy atom. The summed E-state index contributed by atoms with van der Waals surface area (Å²) in [6.45, 7) is 1.84. The van der Waals surface area contributed by atoms with Crippen LogP contribution in [0.5, 0.6) is 0 Å². The van der Waals surface area contributed by atoms with Crippen LogP contribution in [0.25, 0.3) is 0 Å². The highest BCUT2D eigenvalue weighted by atomic mass is 16.5. The molecule has 0 radical (unpaired) electrons. The number of nitrogens with zero attached hydrogens (tertiary/aromatic N) is 1. The molecule has 17 heavy (non-hydrogen) atoms. The van der Waals surface area contributed by atoms with Gasteiger partial charge in [-0.1, -0.05) is 30.3 Å². The van der Waals surface area contributed by atoms with Crippen LogP contribution < -0.4 is 0 Å². The highest BCUT2D eigenvalue weighted by molar-refractivity contribution is 5.21. The second kappa shape index (κ2) is 5.17. The van der Waals surface area contributed by atoms with Crippen molar-refractivity contribution >= 4 is 0 Å². The first-order chi connectivity index (χ1) is 8.15. The molecule has 1 aromatic carbocycles. The Morgan fingerprint density at radius 1 is 1.24 bits per heavy atom. The topological polar surface area (TPSA) is 32.7 Å². The lowest BCUT2D eigenvalue weighted by molar-refractivity contribution is -0.123. The van der Waals surface area contributed by atoms with E-state index < -0.39 is 5.60 Å². The molecule has 1 aromatic rings. The second-order valence-corrected chi connectivity index (χ2v) is 4.93. The zero-order valence-corrected chi connectivity index (χ0v) is 10.6. The van der Waals surface area contributed by atoms with Crippen LogP contribution in [0, 0.1) is 0 Å². The minimum atomic E-state index is -0.734. The van der Waals surface area contributed by atoms with Crippen molar-refractivity contribution in [3.63, 3.8) is 0 Å². The van der Waals surface area contributed by atoms with Crippen molar-refractivity contribution in [3.05, 3.63) is 35.9 Å². The first-order valence-electron chi connectivity index (χ1n) is 6.14. The molecule has 0 amide bonds. The average molecular weight is 235 g/mol. The number of piperidine rings is 1. The molecule has 0 saturated carbocycles. The maximum Gasteiger partial charge on any atom is 0.111 e. The molecule has 3 nitrogen and oxygen atoms in total. The Hall–Kier alpha value is -0.900. The van der Waals surface area contributed by atoms with Crippen LogP contribution in [0.15, 0.2) is 30.3 Å². The van der Waals surface area contributed by atoms with Crippen LogP contribution >= 0.6 is 0 Å². The van der Waals surface area contributed by atoms with Crippen molar-refractivity contribution in [2.24, 2.45) is 0 Å². The van der Waals surface area contributed by atoms with Crippen molar-refractivity contribution < 1.29 is 9.84 Å². The van der Waals surface area contributed by atoms with E-state index in [1.165, 1.54) is 0 Å². The standard InChI is InChI=1S/C14H21NO2/c1-15-10-8-14(16,9-11-15)13(17-2)12-6-4-3-5-7-12/h3-7,13,16H,8-11H2,1-2H3. The zero-order chi connectivity index (χ0) is 12.3. The third kappa shape index (κ3) is 2.68. The molecular weight excluding hydrogens is 214 g/mol. The minimum Gasteiger partial charge on any atom is -0.387 e. The molecule has 1 atom stereocenters. The third-order valence-electron chi connectivity index (χ3n) is 3.68. The van der Waals surface area contributed by atoms with Gasteiger partial charge in [0.2, 0.25) is 0 Å². The van der Waals surface area contributed by atoms with E-state index in [1.54, 1.807) is 7.11 Å². The molecule has 0 aromatic heterocycles. The van der Waals surface area contributed by atoms with Crippen molar-refractivity contribution in [1.29, 1.82) is 0 Å². The molecule has 1 fully saturated rings. The van der Waals surface area contributed by atoms with Gasteiger partial charge in [-0.25, -0.2) is 0 Å². The quantitative estimate of drug-likeness (QED) is 0.867. The third-order valence-corrected chi connectivity index (χ3v) is 3.68. The van der Waals surface area contributed by atoms with E-state index in [0.717, 1.165) is 31.5 Å². The molecule has 2 rings (SSSR count). The number of benzene rings is 1. The predicted molar refractivity (Wildman–Crippen MR) is 67.9 cm³/mol. The van der Waals surface area contributed by atoms with E-state index >= 15 is 0 Å². The summed E-state index contributed by atoms with van der Waals surface area (Å²) in [5.74, 6) is 0. The van der Waals surface area contributed by atoms with Gasteiger partial charge in [0, 0.05) is 20.2 Å². The summed E-state index contributed by atoms with van der Waals surface area (Å²) in [5.41, 5.74) is 0.324. The molecule has 0 aliphatic carbocycles. The van der Waals surface area contributed by atoms with Crippen molar-refractivity contribution in [3.8, 4) is 0 Å². The Morgan fingerprint density at radius 3 is 2.35 bits per heavy atom. The maximum atomic E-state index is 10.8. The number of aliphatic hydroxyl groups is 1. The largest absolute Gasteiger partial charge is 0.387 e. The summed E-state index contributed by atoms with van der Waals surface area (Å²) < 4.78 is 5.55. The summed E-state index contributed by atoms with van der Waals surface area (Å²) in [7, 11) is 3.76. The fraction of sp³-hybridized carbons (Fsp3) is 0.571. The molecular formula is C14H21NO2. The fourth-order valence-corrected chi connectivity index (χ4v) is 2.56. The molecule has 3 heteroatoms. The summed E-state index contributed by atoms with van der Waals surface area (Å²) >= 11 is 0. The Labute approximate surface area is 103 Å². The fourth-order valence-electron chi connectivity index (χ4n) is 2.56. The number of likely N-dealkylation sites (tertiary alicyclic amines) is 1. The highest BCUT2D eigenvalue weighted by Gasteiger charge is 2.40. The molecule has 0 bridgehead atoms. The highest BCUT2D eigenvalue weighted by Crippen LogP contribution is 2.36. The normalized spacial score (nSPS) is 22.3. The monoisotopic (exact) mass is 235 g/mol. The van der Waals surface area contributed by atoms with E-state index in [2.05, 4.69) is 11.9 Å². The van der Waals surface area contributed by atoms with Gasteiger partial charge >= 0.3 is 0 Å². The van der Waals surface area contributed by atoms with E-state index in [9.17, 15) is 5.11 Å². The van der Waals surface area contributed by atoms with Gasteiger partial charge < -0.3 is 14.7 Å². The van der Waals surface area contributed by atoms with E-state index in [1.807, 2.05) is 30.3 Å². The number of methoxy groups -OCH3 is 1. The van der Waals surface area contributed by atoms with Gasteiger partial charge in [0.15, 0.2) is 0 Å². The van der Waals surface area contributed by atoms with Crippen LogP contribution in [0.2, 0.25) is 0 Å². The summed E-state index contributed by atoms with van der Waals surface area (Å²) in [4.78, 5) is 2.24. The van der Waals surface area contributed by atoms with Crippen LogP contribution in [-0.4, -0.2) is 42.9 Å². The van der Waals surface area contributed by atoms with Crippen molar-refractivity contribution in [1.82, 2.24) is 4.90 Å². The molecule has 1 aliphatic heterocycles. The smallest absolute Gasteiger partial charge is 0.111 e.